The molecule has 7 rings (SSSR count). The molecule has 9 N–H and O–H groups in total. The fourth-order valence-corrected chi connectivity index (χ4v) is 13.6. The van der Waals surface area contributed by atoms with Crippen molar-refractivity contribution in [1.29, 1.82) is 0 Å². The van der Waals surface area contributed by atoms with Gasteiger partial charge in [0.25, 0.3) is 0 Å². The Labute approximate surface area is 334 Å². The maximum absolute atomic E-state index is 14.6. The number of aliphatic hydroxyl groups excluding tert-OH is 8. The van der Waals surface area contributed by atoms with E-state index in [0.29, 0.717) is 25.7 Å². The van der Waals surface area contributed by atoms with Gasteiger partial charge in [-0.1, -0.05) is 53.2 Å². The molecule has 0 aromatic heterocycles. The standard InChI is InChI=1S/C42H66O15/c1-37(2)13-15-42(36(53)57-34-30(49)27(46)26(45)22(18-43)54-34)16-14-40(5)20(21(42)17-37)7-8-24-38(3)11-10-25(39(4,19-44)23(38)9-12-41(24,40)6)55-35-31(50)28(47)29(48)32(56-35)33(51)52/h7,21-32,34-35,43-50H,8-19H2,1-6H3,(H,51,52)/t21-,22-,23+,24+,25-,26-,27+,28-,29-,30-,31+,32-,34-,35+,38-,39-,40+,41+,42-/m0/s1. The summed E-state index contributed by atoms with van der Waals surface area (Å²) in [5.41, 5.74) is -1.27. The maximum Gasteiger partial charge on any atom is 0.335 e. The first-order chi connectivity index (χ1) is 26.5. The average molecular weight is 811 g/mol. The molecule has 0 bridgehead atoms. The summed E-state index contributed by atoms with van der Waals surface area (Å²) in [5.74, 6) is -1.98. The number of carboxylic acid groups (broad SMARTS) is 1. The van der Waals surface area contributed by atoms with Gasteiger partial charge in [-0.25, -0.2) is 4.79 Å². The molecule has 7 aliphatic rings. The lowest BCUT2D eigenvalue weighted by Gasteiger charge is -2.71. The van der Waals surface area contributed by atoms with Crippen molar-refractivity contribution >= 4 is 11.9 Å². The number of hydrogen-bond acceptors (Lipinski definition) is 14. The molecule has 15 heteroatoms. The molecule has 2 saturated heterocycles. The van der Waals surface area contributed by atoms with Gasteiger partial charge in [0.15, 0.2) is 12.4 Å². The monoisotopic (exact) mass is 810 g/mol. The van der Waals surface area contributed by atoms with Crippen LogP contribution in [0.1, 0.15) is 106 Å². The van der Waals surface area contributed by atoms with Crippen molar-refractivity contribution in [2.24, 2.45) is 50.2 Å². The predicted molar refractivity (Wildman–Crippen MR) is 200 cm³/mol. The number of allylic oxidation sites excluding steroid dienone is 2. The van der Waals surface area contributed by atoms with Crippen LogP contribution in [-0.4, -0.2) is 139 Å². The van der Waals surface area contributed by atoms with Crippen LogP contribution in [0.25, 0.3) is 0 Å². The lowest BCUT2D eigenvalue weighted by atomic mass is 9.33. The number of aliphatic carboxylic acids is 1. The Morgan fingerprint density at radius 1 is 0.754 bits per heavy atom. The molecule has 0 radical (unpaired) electrons. The van der Waals surface area contributed by atoms with E-state index in [0.717, 1.165) is 38.5 Å². The van der Waals surface area contributed by atoms with Crippen molar-refractivity contribution in [3.05, 3.63) is 11.6 Å². The van der Waals surface area contributed by atoms with Gasteiger partial charge < -0.3 is 64.9 Å². The Kier molecular flexibility index (Phi) is 11.2. The van der Waals surface area contributed by atoms with E-state index in [-0.39, 0.29) is 46.0 Å². The van der Waals surface area contributed by atoms with Crippen LogP contribution in [-0.2, 0) is 28.5 Å². The van der Waals surface area contributed by atoms with Gasteiger partial charge in [-0.15, -0.1) is 0 Å². The third-order valence-electron chi connectivity index (χ3n) is 17.3. The van der Waals surface area contributed by atoms with E-state index in [1.54, 1.807) is 0 Å². The fourth-order valence-electron chi connectivity index (χ4n) is 13.6. The molecule has 5 aliphatic carbocycles. The largest absolute Gasteiger partial charge is 0.479 e. The van der Waals surface area contributed by atoms with Crippen molar-refractivity contribution in [1.82, 2.24) is 0 Å². The molecule has 0 spiro atoms. The van der Waals surface area contributed by atoms with Gasteiger partial charge >= 0.3 is 11.9 Å². The lowest BCUT2D eigenvalue weighted by molar-refractivity contribution is -0.327. The number of hydrogen-bond donors (Lipinski definition) is 9. The zero-order valence-electron chi connectivity index (χ0n) is 34.1. The van der Waals surface area contributed by atoms with Crippen LogP contribution in [0.15, 0.2) is 11.6 Å². The summed E-state index contributed by atoms with van der Waals surface area (Å²) >= 11 is 0. The first-order valence-electron chi connectivity index (χ1n) is 21.0. The Bertz CT molecular complexity index is 1590. The van der Waals surface area contributed by atoms with E-state index in [4.69, 9.17) is 18.9 Å². The molecule has 2 heterocycles. The highest BCUT2D eigenvalue weighted by molar-refractivity contribution is 5.79. The summed E-state index contributed by atoms with van der Waals surface area (Å²) in [7, 11) is 0. The van der Waals surface area contributed by atoms with Crippen LogP contribution in [0.5, 0.6) is 0 Å². The Balaban J connectivity index is 1.17. The van der Waals surface area contributed by atoms with Gasteiger partial charge in [-0.2, -0.15) is 0 Å². The first-order valence-corrected chi connectivity index (χ1v) is 21.0. The van der Waals surface area contributed by atoms with Gasteiger partial charge in [0.05, 0.1) is 24.7 Å². The Morgan fingerprint density at radius 2 is 1.40 bits per heavy atom. The highest BCUT2D eigenvalue weighted by atomic mass is 16.7. The van der Waals surface area contributed by atoms with Gasteiger partial charge in [0.2, 0.25) is 6.29 Å². The summed E-state index contributed by atoms with van der Waals surface area (Å²) in [5, 5.41) is 93.6. The summed E-state index contributed by atoms with van der Waals surface area (Å²) in [6, 6.07) is 0. The minimum Gasteiger partial charge on any atom is -0.479 e. The molecule has 4 saturated carbocycles. The SMILES string of the molecule is CC1(C)CC[C@]2(C(=O)O[C@@H]3O[C@@H](CO)[C@H](O)[C@@H](O)[C@@H]3O)CC[C@]3(C)C(=CC[C@@H]4[C@@]5(C)CC[C@H](O[C@@H]6O[C@H](C(=O)O)[C@@H](O)[C@H](O)[C@H]6O)[C@@](C)(CO)[C@@H]5CC[C@]43C)[C@@H]2C1. The first kappa shape index (κ1) is 43.3. The Morgan fingerprint density at radius 3 is 2.05 bits per heavy atom. The normalized spacial score (nSPS) is 53.3. The van der Waals surface area contributed by atoms with Crippen molar-refractivity contribution in [2.45, 2.75) is 173 Å². The number of ether oxygens (including phenoxy) is 4. The van der Waals surface area contributed by atoms with E-state index in [2.05, 4.69) is 40.7 Å². The third-order valence-corrected chi connectivity index (χ3v) is 17.3. The van der Waals surface area contributed by atoms with E-state index >= 15 is 0 Å². The summed E-state index contributed by atoms with van der Waals surface area (Å²) in [6.45, 7) is 12.6. The van der Waals surface area contributed by atoms with E-state index in [1.165, 1.54) is 5.57 Å². The van der Waals surface area contributed by atoms with E-state index in [9.17, 15) is 55.5 Å². The van der Waals surface area contributed by atoms with Crippen molar-refractivity contribution < 1.29 is 74.5 Å². The second kappa shape index (κ2) is 14.7. The molecular weight excluding hydrogens is 744 g/mol. The molecule has 0 amide bonds. The van der Waals surface area contributed by atoms with Crippen LogP contribution in [0, 0.1) is 50.2 Å². The second-order valence-corrected chi connectivity index (χ2v) is 20.5. The zero-order chi connectivity index (χ0) is 41.8. The van der Waals surface area contributed by atoms with Crippen LogP contribution in [0.3, 0.4) is 0 Å². The number of carbonyl (C=O) groups is 2. The van der Waals surface area contributed by atoms with Gasteiger partial charge in [-0.3, -0.25) is 4.79 Å². The van der Waals surface area contributed by atoms with Gasteiger partial charge in [0, 0.05) is 5.41 Å². The zero-order valence-corrected chi connectivity index (χ0v) is 34.1. The van der Waals surface area contributed by atoms with Crippen LogP contribution in [0.2, 0.25) is 0 Å². The molecule has 0 unspecified atom stereocenters. The quantitative estimate of drug-likeness (QED) is 0.100. The third kappa shape index (κ3) is 6.39. The summed E-state index contributed by atoms with van der Waals surface area (Å²) < 4.78 is 23.4. The fraction of sp³-hybridized carbons (Fsp3) is 0.905. The number of carboxylic acids is 1. The van der Waals surface area contributed by atoms with Crippen LogP contribution >= 0.6 is 0 Å². The number of esters is 1. The summed E-state index contributed by atoms with van der Waals surface area (Å²) in [4.78, 5) is 26.4. The van der Waals surface area contributed by atoms with E-state index < -0.39 is 96.9 Å². The van der Waals surface area contributed by atoms with Crippen molar-refractivity contribution in [3.8, 4) is 0 Å². The number of carbonyl (C=O) groups excluding carboxylic acids is 1. The van der Waals surface area contributed by atoms with Crippen molar-refractivity contribution in [2.75, 3.05) is 13.2 Å². The minimum atomic E-state index is -1.84. The second-order valence-electron chi connectivity index (χ2n) is 20.5. The maximum atomic E-state index is 14.6. The average Bonchev–Trinajstić information content (AvgIpc) is 3.16. The topological polar surface area (TPSA) is 253 Å². The number of aliphatic hydroxyl groups is 8. The lowest BCUT2D eigenvalue weighted by Crippen LogP contribution is -2.67. The highest BCUT2D eigenvalue weighted by Gasteiger charge is 2.70. The Hall–Kier alpha value is -1.76. The van der Waals surface area contributed by atoms with Gasteiger partial charge in [0.1, 0.15) is 42.7 Å². The predicted octanol–water partition coefficient (Wildman–Crippen LogP) is 1.38. The molecule has 57 heavy (non-hydrogen) atoms. The van der Waals surface area contributed by atoms with Crippen LogP contribution in [0.4, 0.5) is 0 Å². The molecule has 0 aromatic rings. The summed E-state index contributed by atoms with van der Waals surface area (Å²) in [6.07, 6.45) is -7.64. The number of rotatable bonds is 7. The molecule has 6 fully saturated rings. The smallest absolute Gasteiger partial charge is 0.335 e. The minimum absolute atomic E-state index is 0.0262. The molecule has 324 valence electrons. The van der Waals surface area contributed by atoms with Gasteiger partial charge in [-0.05, 0) is 104 Å². The molecule has 19 atom stereocenters. The molecule has 0 aromatic carbocycles. The molecular formula is C42H66O15. The van der Waals surface area contributed by atoms with E-state index in [1.807, 2.05) is 6.92 Å². The van der Waals surface area contributed by atoms with Crippen LogP contribution < -0.4 is 0 Å². The molecule has 15 nitrogen and oxygen atoms in total. The molecule has 2 aliphatic heterocycles. The van der Waals surface area contributed by atoms with Crippen molar-refractivity contribution in [3.63, 3.8) is 0 Å². The number of fused-ring (bicyclic) bond motifs is 7. The highest BCUT2D eigenvalue weighted by Crippen LogP contribution is 2.76.